The van der Waals surface area contributed by atoms with Gasteiger partial charge in [-0.15, -0.1) is 0 Å². The molecule has 124 valence electrons. The lowest BCUT2D eigenvalue weighted by Crippen LogP contribution is -2.16. The van der Waals surface area contributed by atoms with Gasteiger partial charge in [0.15, 0.2) is 0 Å². The Morgan fingerprint density at radius 3 is 2.52 bits per heavy atom. The van der Waals surface area contributed by atoms with Crippen LogP contribution in [0, 0.1) is 5.41 Å². The second-order valence-electron chi connectivity index (χ2n) is 7.17. The quantitative estimate of drug-likeness (QED) is 0.531. The van der Waals surface area contributed by atoms with E-state index in [2.05, 4.69) is 11.2 Å². The van der Waals surface area contributed by atoms with Gasteiger partial charge in [-0.3, -0.25) is 0 Å². The molecule has 1 aromatic rings. The van der Waals surface area contributed by atoms with Crippen molar-refractivity contribution in [3.8, 4) is 0 Å². The van der Waals surface area contributed by atoms with E-state index in [-0.39, 0.29) is 11.4 Å². The van der Waals surface area contributed by atoms with Crippen molar-refractivity contribution in [3.63, 3.8) is 0 Å². The van der Waals surface area contributed by atoms with Gasteiger partial charge in [-0.25, -0.2) is 4.79 Å². The second kappa shape index (κ2) is 7.78. The SMILES string of the molecule is CC(C)(C)CC(=O)O/N=C1\CCCC\C1=C/c1ccc(Cl)cc1. The molecule has 1 saturated carbocycles. The average Bonchev–Trinajstić information content (AvgIpc) is 2.47. The van der Waals surface area contributed by atoms with Crippen LogP contribution >= 0.6 is 11.6 Å². The Labute approximate surface area is 143 Å². The van der Waals surface area contributed by atoms with E-state index in [0.717, 1.165) is 47.6 Å². The number of halogens is 1. The summed E-state index contributed by atoms with van der Waals surface area (Å²) in [5, 5.41) is 4.86. The van der Waals surface area contributed by atoms with Crippen molar-refractivity contribution >= 4 is 29.4 Å². The molecule has 0 heterocycles. The summed E-state index contributed by atoms with van der Waals surface area (Å²) in [6.07, 6.45) is 6.48. The minimum absolute atomic E-state index is 0.0915. The van der Waals surface area contributed by atoms with Crippen LogP contribution in [0.2, 0.25) is 5.02 Å². The van der Waals surface area contributed by atoms with Crippen LogP contribution < -0.4 is 0 Å². The van der Waals surface area contributed by atoms with E-state index in [1.807, 2.05) is 45.0 Å². The van der Waals surface area contributed by atoms with Gasteiger partial charge in [0.05, 0.1) is 12.1 Å². The second-order valence-corrected chi connectivity index (χ2v) is 7.60. The Morgan fingerprint density at radius 1 is 1.22 bits per heavy atom. The molecule has 4 heteroatoms. The monoisotopic (exact) mass is 333 g/mol. The molecule has 0 spiro atoms. The van der Waals surface area contributed by atoms with Gasteiger partial charge in [-0.1, -0.05) is 49.7 Å². The van der Waals surface area contributed by atoms with E-state index in [1.54, 1.807) is 0 Å². The number of carbonyl (C=O) groups excluding carboxylic acids is 1. The zero-order valence-electron chi connectivity index (χ0n) is 14.1. The molecule has 1 aromatic carbocycles. The van der Waals surface area contributed by atoms with Crippen molar-refractivity contribution < 1.29 is 9.63 Å². The molecule has 0 aromatic heterocycles. The highest BCUT2D eigenvalue weighted by Gasteiger charge is 2.19. The molecule has 3 nitrogen and oxygen atoms in total. The molecule has 0 saturated heterocycles. The smallest absolute Gasteiger partial charge is 0.318 e. The maximum atomic E-state index is 11.8. The molecule has 0 amide bonds. The maximum absolute atomic E-state index is 11.8. The molecule has 0 bridgehead atoms. The summed E-state index contributed by atoms with van der Waals surface area (Å²) in [5.41, 5.74) is 3.02. The minimum atomic E-state index is -0.276. The highest BCUT2D eigenvalue weighted by Crippen LogP contribution is 2.25. The molecule has 1 aliphatic rings. The topological polar surface area (TPSA) is 38.7 Å². The summed E-state index contributed by atoms with van der Waals surface area (Å²) >= 11 is 5.92. The third-order valence-electron chi connectivity index (χ3n) is 3.62. The summed E-state index contributed by atoms with van der Waals surface area (Å²) in [5.74, 6) is -0.276. The number of carbonyl (C=O) groups is 1. The molecule has 1 fully saturated rings. The molecular formula is C19H24ClNO2. The first-order valence-electron chi connectivity index (χ1n) is 8.07. The third-order valence-corrected chi connectivity index (χ3v) is 3.88. The third kappa shape index (κ3) is 6.19. The predicted octanol–water partition coefficient (Wildman–Crippen LogP) is 5.63. The Morgan fingerprint density at radius 2 is 1.87 bits per heavy atom. The zero-order chi connectivity index (χ0) is 16.9. The summed E-state index contributed by atoms with van der Waals surface area (Å²) in [7, 11) is 0. The number of nitrogens with zero attached hydrogens (tertiary/aromatic N) is 1. The van der Waals surface area contributed by atoms with Crippen LogP contribution in [-0.2, 0) is 9.63 Å². The number of allylic oxidation sites excluding steroid dienone is 1. The van der Waals surface area contributed by atoms with Gasteiger partial charge in [-0.2, -0.15) is 0 Å². The molecule has 0 N–H and O–H groups in total. The van der Waals surface area contributed by atoms with Crippen LogP contribution in [0.15, 0.2) is 35.0 Å². The first-order chi connectivity index (χ1) is 10.8. The standard InChI is InChI=1S/C19H24ClNO2/c1-19(2,3)13-18(22)23-21-17-7-5-4-6-15(17)12-14-8-10-16(20)11-9-14/h8-12H,4-7,13H2,1-3H3/b15-12+,21-17+. The van der Waals surface area contributed by atoms with Crippen molar-refractivity contribution in [2.45, 2.75) is 52.9 Å². The van der Waals surface area contributed by atoms with E-state index in [4.69, 9.17) is 16.4 Å². The van der Waals surface area contributed by atoms with Crippen LogP contribution in [0.1, 0.15) is 58.4 Å². The summed E-state index contributed by atoms with van der Waals surface area (Å²) in [6, 6.07) is 7.70. The normalized spacial score (nSPS) is 19.1. The van der Waals surface area contributed by atoms with E-state index in [1.165, 1.54) is 0 Å². The van der Waals surface area contributed by atoms with Gasteiger partial charge in [0.2, 0.25) is 0 Å². The Hall–Kier alpha value is -1.61. The van der Waals surface area contributed by atoms with Gasteiger partial charge in [0.1, 0.15) is 0 Å². The largest absolute Gasteiger partial charge is 0.335 e. The molecule has 2 rings (SSSR count). The van der Waals surface area contributed by atoms with Crippen molar-refractivity contribution in [2.75, 3.05) is 0 Å². The first-order valence-corrected chi connectivity index (χ1v) is 8.44. The van der Waals surface area contributed by atoms with Crippen molar-refractivity contribution in [1.82, 2.24) is 0 Å². The highest BCUT2D eigenvalue weighted by atomic mass is 35.5. The van der Waals surface area contributed by atoms with Crippen molar-refractivity contribution in [3.05, 3.63) is 40.4 Å². The van der Waals surface area contributed by atoms with E-state index in [0.29, 0.717) is 6.42 Å². The van der Waals surface area contributed by atoms with E-state index >= 15 is 0 Å². The van der Waals surface area contributed by atoms with Crippen LogP contribution in [0.3, 0.4) is 0 Å². The summed E-state index contributed by atoms with van der Waals surface area (Å²) in [4.78, 5) is 17.0. The number of hydrogen-bond donors (Lipinski definition) is 0. The van der Waals surface area contributed by atoms with Crippen LogP contribution in [0.5, 0.6) is 0 Å². The zero-order valence-corrected chi connectivity index (χ0v) is 14.8. The number of rotatable bonds is 3. The average molecular weight is 334 g/mol. The lowest BCUT2D eigenvalue weighted by molar-refractivity contribution is -0.145. The molecular weight excluding hydrogens is 310 g/mol. The van der Waals surface area contributed by atoms with Gasteiger partial charge >= 0.3 is 5.97 Å². The molecule has 0 atom stereocenters. The van der Waals surface area contributed by atoms with Crippen LogP contribution in [0.4, 0.5) is 0 Å². The minimum Gasteiger partial charge on any atom is -0.318 e. The fraction of sp³-hybridized carbons (Fsp3) is 0.474. The van der Waals surface area contributed by atoms with Crippen molar-refractivity contribution in [2.24, 2.45) is 10.6 Å². The van der Waals surface area contributed by atoms with Gasteiger partial charge in [0.25, 0.3) is 0 Å². The van der Waals surface area contributed by atoms with Gasteiger partial charge in [-0.05, 0) is 60.4 Å². The highest BCUT2D eigenvalue weighted by molar-refractivity contribution is 6.30. The maximum Gasteiger partial charge on any atom is 0.335 e. The molecule has 0 radical (unpaired) electrons. The van der Waals surface area contributed by atoms with Crippen molar-refractivity contribution in [1.29, 1.82) is 0 Å². The number of hydrogen-bond acceptors (Lipinski definition) is 3. The Kier molecular flexibility index (Phi) is 6.00. The lowest BCUT2D eigenvalue weighted by atomic mass is 9.91. The molecule has 0 unspecified atom stereocenters. The van der Waals surface area contributed by atoms with E-state index < -0.39 is 0 Å². The van der Waals surface area contributed by atoms with Gasteiger partial charge < -0.3 is 4.84 Å². The first kappa shape index (κ1) is 17.7. The van der Waals surface area contributed by atoms with Crippen LogP contribution in [0.25, 0.3) is 6.08 Å². The number of benzene rings is 1. The Balaban J connectivity index is 2.10. The molecule has 1 aliphatic carbocycles. The summed E-state index contributed by atoms with van der Waals surface area (Å²) in [6.45, 7) is 6.02. The molecule has 23 heavy (non-hydrogen) atoms. The number of oxime groups is 1. The predicted molar refractivity (Wildman–Crippen MR) is 95.5 cm³/mol. The summed E-state index contributed by atoms with van der Waals surface area (Å²) < 4.78 is 0. The Bertz CT molecular complexity index is 609. The van der Waals surface area contributed by atoms with Gasteiger partial charge in [0, 0.05) is 5.02 Å². The van der Waals surface area contributed by atoms with Crippen LogP contribution in [-0.4, -0.2) is 11.7 Å². The molecule has 0 aliphatic heterocycles. The fourth-order valence-electron chi connectivity index (χ4n) is 2.50. The fourth-order valence-corrected chi connectivity index (χ4v) is 2.63. The lowest BCUT2D eigenvalue weighted by Gasteiger charge is -2.18. The van der Waals surface area contributed by atoms with E-state index in [9.17, 15) is 4.79 Å².